The van der Waals surface area contributed by atoms with Crippen LogP contribution in [0, 0.1) is 6.92 Å². The number of rotatable bonds is 3. The average molecular weight is 264 g/mol. The Labute approximate surface area is 108 Å². The Morgan fingerprint density at radius 2 is 2.28 bits per heavy atom. The van der Waals surface area contributed by atoms with E-state index in [-0.39, 0.29) is 5.69 Å². The number of anilines is 1. The monoisotopic (exact) mass is 264 g/mol. The first-order chi connectivity index (χ1) is 8.61. The Morgan fingerprint density at radius 1 is 1.50 bits per heavy atom. The molecular formula is C11H12N4O2S. The van der Waals surface area contributed by atoms with Gasteiger partial charge in [-0.25, -0.2) is 19.7 Å². The molecule has 0 fully saturated rings. The summed E-state index contributed by atoms with van der Waals surface area (Å²) >= 11 is 1.30. The molecule has 0 unspecified atom stereocenters. The third-order valence-electron chi connectivity index (χ3n) is 2.16. The third-order valence-corrected chi connectivity index (χ3v) is 3.03. The molecule has 7 heteroatoms. The van der Waals surface area contributed by atoms with Crippen LogP contribution >= 0.6 is 11.3 Å². The summed E-state index contributed by atoms with van der Waals surface area (Å²) in [6.07, 6.45) is 1.60. The van der Waals surface area contributed by atoms with Gasteiger partial charge in [-0.2, -0.15) is 0 Å². The zero-order valence-corrected chi connectivity index (χ0v) is 10.8. The molecule has 94 valence electrons. The number of aryl methyl sites for hydroxylation is 1. The molecule has 0 aromatic carbocycles. The Kier molecular flexibility index (Phi) is 3.52. The summed E-state index contributed by atoms with van der Waals surface area (Å²) in [5, 5.41) is 2.24. The lowest BCUT2D eigenvalue weighted by Crippen LogP contribution is -2.05. The molecule has 2 aromatic heterocycles. The predicted octanol–water partition coefficient (Wildman–Crippen LogP) is 1.67. The van der Waals surface area contributed by atoms with Gasteiger partial charge < -0.3 is 10.5 Å². The van der Waals surface area contributed by atoms with E-state index in [0.29, 0.717) is 28.8 Å². The van der Waals surface area contributed by atoms with Crippen LogP contribution in [0.5, 0.6) is 0 Å². The number of carbonyl (C=O) groups excluding carboxylic acids is 1. The van der Waals surface area contributed by atoms with Crippen molar-refractivity contribution in [1.82, 2.24) is 15.0 Å². The van der Waals surface area contributed by atoms with Crippen LogP contribution in [0.3, 0.4) is 0 Å². The first-order valence-corrected chi connectivity index (χ1v) is 6.22. The average Bonchev–Trinajstić information content (AvgIpc) is 2.78. The molecule has 0 aliphatic heterocycles. The summed E-state index contributed by atoms with van der Waals surface area (Å²) < 4.78 is 4.87. The van der Waals surface area contributed by atoms with Gasteiger partial charge in [-0.15, -0.1) is 11.3 Å². The van der Waals surface area contributed by atoms with E-state index in [1.165, 1.54) is 11.3 Å². The van der Waals surface area contributed by atoms with Gasteiger partial charge in [0.1, 0.15) is 16.6 Å². The van der Waals surface area contributed by atoms with Crippen molar-refractivity contribution >= 4 is 23.1 Å². The number of hydrogen-bond donors (Lipinski definition) is 1. The number of carbonyl (C=O) groups is 1. The highest BCUT2D eigenvalue weighted by Gasteiger charge is 2.14. The lowest BCUT2D eigenvalue weighted by atomic mass is 10.3. The molecular weight excluding hydrogens is 252 g/mol. The molecule has 2 rings (SSSR count). The first-order valence-electron chi connectivity index (χ1n) is 5.34. The second kappa shape index (κ2) is 5.09. The molecule has 2 N–H and O–H groups in total. The third kappa shape index (κ3) is 2.45. The summed E-state index contributed by atoms with van der Waals surface area (Å²) in [6, 6.07) is 0. The van der Waals surface area contributed by atoms with Gasteiger partial charge in [0.25, 0.3) is 0 Å². The van der Waals surface area contributed by atoms with E-state index in [9.17, 15) is 4.79 Å². The number of thiazole rings is 1. The van der Waals surface area contributed by atoms with E-state index in [1.807, 2.05) is 0 Å². The van der Waals surface area contributed by atoms with Crippen molar-refractivity contribution in [2.75, 3.05) is 12.3 Å². The number of nitrogens with two attached hydrogens (primary N) is 1. The number of hydrogen-bond acceptors (Lipinski definition) is 7. The van der Waals surface area contributed by atoms with E-state index in [2.05, 4.69) is 15.0 Å². The van der Waals surface area contributed by atoms with Crippen LogP contribution in [0.25, 0.3) is 10.6 Å². The summed E-state index contributed by atoms with van der Waals surface area (Å²) in [5.41, 5.74) is 6.70. The highest BCUT2D eigenvalue weighted by Crippen LogP contribution is 2.27. The van der Waals surface area contributed by atoms with Crippen molar-refractivity contribution in [2.45, 2.75) is 13.8 Å². The molecule has 0 aliphatic carbocycles. The van der Waals surface area contributed by atoms with Crippen molar-refractivity contribution < 1.29 is 9.53 Å². The normalized spacial score (nSPS) is 10.3. The van der Waals surface area contributed by atoms with E-state index >= 15 is 0 Å². The fourth-order valence-electron chi connectivity index (χ4n) is 1.35. The summed E-state index contributed by atoms with van der Waals surface area (Å²) in [4.78, 5) is 23.8. The molecule has 18 heavy (non-hydrogen) atoms. The maximum absolute atomic E-state index is 11.5. The Hall–Kier alpha value is -2.02. The maximum Gasteiger partial charge on any atom is 0.357 e. The molecule has 0 atom stereocenters. The van der Waals surface area contributed by atoms with Crippen LogP contribution < -0.4 is 5.73 Å². The Bertz CT molecular complexity index is 582. The zero-order valence-electron chi connectivity index (χ0n) is 10.0. The van der Waals surface area contributed by atoms with E-state index < -0.39 is 5.97 Å². The zero-order chi connectivity index (χ0) is 13.1. The number of aromatic nitrogens is 3. The fourth-order valence-corrected chi connectivity index (χ4v) is 2.16. The van der Waals surface area contributed by atoms with Crippen molar-refractivity contribution in [1.29, 1.82) is 0 Å². The molecule has 0 saturated heterocycles. The number of nitrogen functional groups attached to an aromatic ring is 1. The Morgan fingerprint density at radius 3 is 2.94 bits per heavy atom. The smallest absolute Gasteiger partial charge is 0.357 e. The fraction of sp³-hybridized carbons (Fsp3) is 0.273. The standard InChI is InChI=1S/C11H12N4O2S/c1-3-17-11(16)8-5-18-10(15-8)7-4-13-6(2)14-9(7)12/h4-5H,3H2,1-2H3,(H2,12,13,14). The molecule has 0 radical (unpaired) electrons. The van der Waals surface area contributed by atoms with Crippen LogP contribution in [0.2, 0.25) is 0 Å². The predicted molar refractivity (Wildman–Crippen MR) is 68.2 cm³/mol. The van der Waals surface area contributed by atoms with Gasteiger partial charge in [-0.05, 0) is 13.8 Å². The van der Waals surface area contributed by atoms with Crippen molar-refractivity contribution in [2.24, 2.45) is 0 Å². The van der Waals surface area contributed by atoms with E-state index in [4.69, 9.17) is 10.5 Å². The topological polar surface area (TPSA) is 91.0 Å². The highest BCUT2D eigenvalue weighted by atomic mass is 32.1. The van der Waals surface area contributed by atoms with Crippen LogP contribution in [-0.2, 0) is 4.74 Å². The quantitative estimate of drug-likeness (QED) is 0.848. The van der Waals surface area contributed by atoms with Gasteiger partial charge in [0.05, 0.1) is 12.2 Å². The number of esters is 1. The molecule has 0 spiro atoms. The van der Waals surface area contributed by atoms with Crippen LogP contribution in [0.1, 0.15) is 23.2 Å². The molecule has 6 nitrogen and oxygen atoms in total. The minimum Gasteiger partial charge on any atom is -0.461 e. The lowest BCUT2D eigenvalue weighted by Gasteiger charge is -2.01. The molecule has 2 heterocycles. The lowest BCUT2D eigenvalue weighted by molar-refractivity contribution is 0.0520. The summed E-state index contributed by atoms with van der Waals surface area (Å²) in [5.74, 6) is 0.511. The molecule has 0 bridgehead atoms. The second-order valence-corrected chi connectivity index (χ2v) is 4.33. The number of ether oxygens (including phenoxy) is 1. The largest absolute Gasteiger partial charge is 0.461 e. The van der Waals surface area contributed by atoms with Crippen molar-refractivity contribution in [3.63, 3.8) is 0 Å². The Balaban J connectivity index is 2.32. The minimum absolute atomic E-state index is 0.275. The summed E-state index contributed by atoms with van der Waals surface area (Å²) in [7, 11) is 0. The van der Waals surface area contributed by atoms with E-state index in [1.54, 1.807) is 25.4 Å². The van der Waals surface area contributed by atoms with Gasteiger partial charge >= 0.3 is 5.97 Å². The van der Waals surface area contributed by atoms with Gasteiger partial charge in [-0.1, -0.05) is 0 Å². The molecule has 2 aromatic rings. The highest BCUT2D eigenvalue weighted by molar-refractivity contribution is 7.13. The second-order valence-electron chi connectivity index (χ2n) is 3.47. The van der Waals surface area contributed by atoms with Crippen molar-refractivity contribution in [3.05, 3.63) is 23.1 Å². The van der Waals surface area contributed by atoms with E-state index in [0.717, 1.165) is 0 Å². The van der Waals surface area contributed by atoms with Crippen LogP contribution in [0.15, 0.2) is 11.6 Å². The van der Waals surface area contributed by atoms with Gasteiger partial charge in [0, 0.05) is 11.6 Å². The van der Waals surface area contributed by atoms with Gasteiger partial charge in [0.2, 0.25) is 0 Å². The molecule has 0 aliphatic rings. The molecule has 0 amide bonds. The first kappa shape index (κ1) is 12.4. The van der Waals surface area contributed by atoms with Crippen molar-refractivity contribution in [3.8, 4) is 10.6 Å². The van der Waals surface area contributed by atoms with Crippen LogP contribution in [0.4, 0.5) is 5.82 Å². The van der Waals surface area contributed by atoms with Gasteiger partial charge in [-0.3, -0.25) is 0 Å². The van der Waals surface area contributed by atoms with Crippen LogP contribution in [-0.4, -0.2) is 27.5 Å². The minimum atomic E-state index is -0.438. The number of nitrogens with zero attached hydrogens (tertiary/aromatic N) is 3. The van der Waals surface area contributed by atoms with Gasteiger partial charge in [0.15, 0.2) is 5.69 Å². The SMILES string of the molecule is CCOC(=O)c1csc(-c2cnc(C)nc2N)n1. The maximum atomic E-state index is 11.5. The molecule has 0 saturated carbocycles. The summed E-state index contributed by atoms with van der Waals surface area (Å²) in [6.45, 7) is 3.82.